The van der Waals surface area contributed by atoms with Gasteiger partial charge in [0, 0.05) is 27.5 Å². The highest BCUT2D eigenvalue weighted by Crippen LogP contribution is 2.65. The van der Waals surface area contributed by atoms with Crippen LogP contribution in [0.1, 0.15) is 44.5 Å². The smallest absolute Gasteiger partial charge is 0.248 e. The Morgan fingerprint density at radius 1 is 0.225 bits per heavy atom. The second-order valence-corrected chi connectivity index (χ2v) is 21.9. The lowest BCUT2D eigenvalue weighted by atomic mass is 9.70. The molecule has 12 aromatic carbocycles. The van der Waals surface area contributed by atoms with Crippen molar-refractivity contribution in [1.82, 2.24) is 10.2 Å². The fraction of sp³-hybridized carbons (Fsp3) is 0.0263. The van der Waals surface area contributed by atoms with Gasteiger partial charge in [-0.2, -0.15) is 0 Å². The van der Waals surface area contributed by atoms with Crippen molar-refractivity contribution in [3.8, 4) is 101 Å². The monoisotopic (exact) mass is 1020 g/mol. The summed E-state index contributed by atoms with van der Waals surface area (Å²) in [6.45, 7) is 0. The summed E-state index contributed by atoms with van der Waals surface area (Å²) in [6, 6.07) is 98.2. The molecule has 0 bridgehead atoms. The van der Waals surface area contributed by atoms with Gasteiger partial charge in [-0.05, 0) is 177 Å². The molecule has 4 aliphatic rings. The standard InChI is InChI=1S/C76H44N2O2/c1-2-16-46(17-3-1)73-77-78-74(80-73)47-32-30-45(31-33-47)60-41-51(50-35-38-59-57-23-9-15-29-68(57)76(70(59)44-50)65-26-12-6-20-54(65)55-21-7-13-27-66(55)76)42-62-61-40-48(36-39-71(61)79-72(60)62)49-34-37-58-56-22-8-14-28-67(56)75(69(58)43-49)63-24-10-4-18-52(63)53-19-5-11-25-64(53)75/h1-44H. The molecule has 18 rings (SSSR count). The van der Waals surface area contributed by atoms with Gasteiger partial charge in [-0.1, -0.05) is 206 Å². The molecule has 370 valence electrons. The first-order valence-corrected chi connectivity index (χ1v) is 27.5. The molecule has 0 radical (unpaired) electrons. The average molecular weight is 1020 g/mol. The molecule has 0 atom stereocenters. The van der Waals surface area contributed by atoms with Crippen molar-refractivity contribution in [2.45, 2.75) is 10.8 Å². The third-order valence-electron chi connectivity index (χ3n) is 18.1. The van der Waals surface area contributed by atoms with Crippen LogP contribution in [-0.2, 0) is 10.8 Å². The second kappa shape index (κ2) is 16.1. The normalized spacial score (nSPS) is 13.9. The van der Waals surface area contributed by atoms with Gasteiger partial charge in [0.25, 0.3) is 0 Å². The summed E-state index contributed by atoms with van der Waals surface area (Å²) in [6.07, 6.45) is 0. The van der Waals surface area contributed by atoms with E-state index in [1.54, 1.807) is 0 Å². The Balaban J connectivity index is 0.833. The van der Waals surface area contributed by atoms with Crippen LogP contribution in [0.2, 0.25) is 0 Å². The van der Waals surface area contributed by atoms with Crippen LogP contribution in [0.4, 0.5) is 0 Å². The molecule has 14 aromatic rings. The SMILES string of the molecule is c1ccc(-c2nnc(-c3ccc(-c4cc(-c5ccc6c(c5)C5(c7ccccc7-c7ccccc75)c5ccccc5-6)cc5c4oc4ccc(-c6ccc7c(c6)C6(c8ccccc8-c8ccccc86)c6ccccc6-7)cc45)cc3)o2)cc1. The van der Waals surface area contributed by atoms with Gasteiger partial charge < -0.3 is 8.83 Å². The molecule has 0 saturated carbocycles. The van der Waals surface area contributed by atoms with Crippen LogP contribution < -0.4 is 0 Å². The van der Waals surface area contributed by atoms with E-state index < -0.39 is 10.8 Å². The Morgan fingerprint density at radius 3 is 1.05 bits per heavy atom. The molecule has 2 heterocycles. The number of furan rings is 1. The number of nitrogens with zero attached hydrogens (tertiary/aromatic N) is 2. The van der Waals surface area contributed by atoms with Crippen molar-refractivity contribution in [2.75, 3.05) is 0 Å². The summed E-state index contributed by atoms with van der Waals surface area (Å²) >= 11 is 0. The fourth-order valence-corrected chi connectivity index (χ4v) is 14.8. The van der Waals surface area contributed by atoms with E-state index in [1.807, 2.05) is 30.3 Å². The van der Waals surface area contributed by atoms with Gasteiger partial charge in [0.2, 0.25) is 11.8 Å². The summed E-state index contributed by atoms with van der Waals surface area (Å²) in [5.74, 6) is 0.958. The van der Waals surface area contributed by atoms with Crippen molar-refractivity contribution in [3.05, 3.63) is 311 Å². The predicted molar refractivity (Wildman–Crippen MR) is 321 cm³/mol. The zero-order chi connectivity index (χ0) is 52.3. The fourth-order valence-electron chi connectivity index (χ4n) is 14.8. The van der Waals surface area contributed by atoms with Gasteiger partial charge in [0.1, 0.15) is 11.2 Å². The van der Waals surface area contributed by atoms with E-state index in [9.17, 15) is 0 Å². The zero-order valence-electron chi connectivity index (χ0n) is 43.1. The van der Waals surface area contributed by atoms with E-state index >= 15 is 0 Å². The first-order chi connectivity index (χ1) is 39.6. The third kappa shape index (κ3) is 5.68. The molecule has 80 heavy (non-hydrogen) atoms. The lowest BCUT2D eigenvalue weighted by molar-refractivity contribution is 0.584. The Kier molecular flexibility index (Phi) is 8.77. The van der Waals surface area contributed by atoms with Crippen LogP contribution in [0.15, 0.2) is 276 Å². The van der Waals surface area contributed by atoms with Crippen molar-refractivity contribution >= 4 is 21.9 Å². The van der Waals surface area contributed by atoms with Crippen molar-refractivity contribution in [1.29, 1.82) is 0 Å². The molecule has 0 unspecified atom stereocenters. The molecule has 0 aliphatic heterocycles. The van der Waals surface area contributed by atoms with Crippen molar-refractivity contribution in [3.63, 3.8) is 0 Å². The topological polar surface area (TPSA) is 52.1 Å². The number of benzene rings is 12. The molecule has 4 aliphatic carbocycles. The van der Waals surface area contributed by atoms with Crippen molar-refractivity contribution < 1.29 is 8.83 Å². The maximum absolute atomic E-state index is 7.09. The lowest BCUT2D eigenvalue weighted by Crippen LogP contribution is -2.25. The van der Waals surface area contributed by atoms with E-state index in [2.05, 4.69) is 247 Å². The van der Waals surface area contributed by atoms with E-state index in [0.29, 0.717) is 11.8 Å². The van der Waals surface area contributed by atoms with Gasteiger partial charge in [0.05, 0.1) is 10.8 Å². The van der Waals surface area contributed by atoms with Crippen molar-refractivity contribution in [2.24, 2.45) is 0 Å². The Hall–Kier alpha value is -10.4. The first kappa shape index (κ1) is 43.7. The highest BCUT2D eigenvalue weighted by atomic mass is 16.4. The summed E-state index contributed by atoms with van der Waals surface area (Å²) in [5.41, 5.74) is 30.0. The Labute approximate surface area is 461 Å². The van der Waals surface area contributed by atoms with Crippen LogP contribution in [0, 0.1) is 0 Å². The number of hydrogen-bond donors (Lipinski definition) is 0. The van der Waals surface area contributed by atoms with Gasteiger partial charge in [-0.25, -0.2) is 0 Å². The zero-order valence-corrected chi connectivity index (χ0v) is 43.1. The Bertz CT molecular complexity index is 4830. The van der Waals surface area contributed by atoms with E-state index in [4.69, 9.17) is 8.83 Å². The Morgan fingerprint density at radius 2 is 0.575 bits per heavy atom. The van der Waals surface area contributed by atoms with E-state index in [0.717, 1.165) is 66.4 Å². The summed E-state index contributed by atoms with van der Waals surface area (Å²) in [7, 11) is 0. The maximum Gasteiger partial charge on any atom is 0.248 e. The molecule has 4 heteroatoms. The van der Waals surface area contributed by atoms with Crippen LogP contribution >= 0.6 is 0 Å². The predicted octanol–water partition coefficient (Wildman–Crippen LogP) is 19.0. The first-order valence-electron chi connectivity index (χ1n) is 27.5. The third-order valence-corrected chi connectivity index (χ3v) is 18.1. The summed E-state index contributed by atoms with van der Waals surface area (Å²) in [5, 5.41) is 11.0. The minimum Gasteiger partial charge on any atom is -0.455 e. The number of fused-ring (bicyclic) bond motifs is 23. The van der Waals surface area contributed by atoms with Gasteiger partial charge in [-0.3, -0.25) is 0 Å². The average Bonchev–Trinajstić information content (AvgIpc) is 4.56. The van der Waals surface area contributed by atoms with Crippen LogP contribution in [0.25, 0.3) is 123 Å². The molecule has 2 aromatic heterocycles. The van der Waals surface area contributed by atoms with Crippen LogP contribution in [0.3, 0.4) is 0 Å². The summed E-state index contributed by atoms with van der Waals surface area (Å²) in [4.78, 5) is 0. The molecule has 4 nitrogen and oxygen atoms in total. The van der Waals surface area contributed by atoms with E-state index in [-0.39, 0.29) is 0 Å². The highest BCUT2D eigenvalue weighted by molar-refractivity contribution is 6.13. The molecular weight excluding hydrogens is 973 g/mol. The quantitative estimate of drug-likeness (QED) is 0.172. The summed E-state index contributed by atoms with van der Waals surface area (Å²) < 4.78 is 13.3. The van der Waals surface area contributed by atoms with Crippen LogP contribution in [-0.4, -0.2) is 10.2 Å². The maximum atomic E-state index is 7.09. The lowest BCUT2D eigenvalue weighted by Gasteiger charge is -2.30. The number of rotatable bonds is 5. The number of aromatic nitrogens is 2. The van der Waals surface area contributed by atoms with Gasteiger partial charge >= 0.3 is 0 Å². The molecule has 0 N–H and O–H groups in total. The largest absolute Gasteiger partial charge is 0.455 e. The molecule has 0 fully saturated rings. The van der Waals surface area contributed by atoms with Gasteiger partial charge in [-0.15, -0.1) is 10.2 Å². The molecular formula is C76H44N2O2. The van der Waals surface area contributed by atoms with E-state index in [1.165, 1.54) is 89.0 Å². The minimum absolute atomic E-state index is 0.437. The molecule has 2 spiro atoms. The van der Waals surface area contributed by atoms with Crippen LogP contribution in [0.5, 0.6) is 0 Å². The minimum atomic E-state index is -0.470. The highest BCUT2D eigenvalue weighted by Gasteiger charge is 2.53. The molecule has 0 amide bonds. The molecule has 0 saturated heterocycles. The number of hydrogen-bond acceptors (Lipinski definition) is 4. The second-order valence-electron chi connectivity index (χ2n) is 21.9. The van der Waals surface area contributed by atoms with Gasteiger partial charge in [0.15, 0.2) is 0 Å².